The van der Waals surface area contributed by atoms with Crippen LogP contribution in [0.2, 0.25) is 0 Å². The Kier molecular flexibility index (Phi) is 6.61. The fraction of sp³-hybridized carbons (Fsp3) is 0.538. The highest BCUT2D eigenvalue weighted by molar-refractivity contribution is 5.27. The molecule has 0 bridgehead atoms. The summed E-state index contributed by atoms with van der Waals surface area (Å²) in [7, 11) is 1.68. The van der Waals surface area contributed by atoms with E-state index in [1.807, 2.05) is 24.3 Å². The smallest absolute Gasteiger partial charge is 0.119 e. The molecular formula is C13H21NO2. The lowest BCUT2D eigenvalue weighted by Crippen LogP contribution is -2.15. The summed E-state index contributed by atoms with van der Waals surface area (Å²) in [6.45, 7) is 5.61. The van der Waals surface area contributed by atoms with Gasteiger partial charge in [0.15, 0.2) is 0 Å². The van der Waals surface area contributed by atoms with Gasteiger partial charge in [-0.25, -0.2) is 0 Å². The Morgan fingerprint density at radius 3 is 2.94 bits per heavy atom. The second kappa shape index (κ2) is 8.13. The number of methoxy groups -OCH3 is 1. The van der Waals surface area contributed by atoms with Crippen LogP contribution in [0.1, 0.15) is 18.9 Å². The third-order valence-electron chi connectivity index (χ3n) is 2.30. The van der Waals surface area contributed by atoms with Gasteiger partial charge in [-0.15, -0.1) is 0 Å². The minimum Gasteiger partial charge on any atom is -0.497 e. The number of nitrogens with one attached hydrogen (secondary N) is 1. The molecule has 1 aromatic carbocycles. The minimum absolute atomic E-state index is 0.656. The lowest BCUT2D eigenvalue weighted by Gasteiger charge is -2.06. The second-order valence-electron chi connectivity index (χ2n) is 3.61. The third kappa shape index (κ3) is 5.14. The van der Waals surface area contributed by atoms with Crippen molar-refractivity contribution in [3.63, 3.8) is 0 Å². The summed E-state index contributed by atoms with van der Waals surface area (Å²) in [6, 6.07) is 7.97. The van der Waals surface area contributed by atoms with E-state index in [2.05, 4.69) is 12.2 Å². The van der Waals surface area contributed by atoms with Gasteiger partial charge in [-0.05, 0) is 37.2 Å². The summed E-state index contributed by atoms with van der Waals surface area (Å²) in [5.41, 5.74) is 1.16. The highest BCUT2D eigenvalue weighted by Gasteiger charge is 1.95. The van der Waals surface area contributed by atoms with Crippen LogP contribution in [-0.4, -0.2) is 26.8 Å². The van der Waals surface area contributed by atoms with Crippen LogP contribution in [0.3, 0.4) is 0 Å². The first-order chi connectivity index (χ1) is 7.86. The van der Waals surface area contributed by atoms with Crippen molar-refractivity contribution in [3.8, 4) is 5.75 Å². The molecule has 0 radical (unpaired) electrons. The van der Waals surface area contributed by atoms with Crippen molar-refractivity contribution >= 4 is 0 Å². The zero-order valence-electron chi connectivity index (χ0n) is 10.2. The first-order valence-electron chi connectivity index (χ1n) is 5.78. The van der Waals surface area contributed by atoms with Gasteiger partial charge in [-0.1, -0.05) is 19.1 Å². The Morgan fingerprint density at radius 2 is 2.19 bits per heavy atom. The Morgan fingerprint density at radius 1 is 1.31 bits per heavy atom. The number of hydrogen-bond donors (Lipinski definition) is 1. The molecule has 16 heavy (non-hydrogen) atoms. The topological polar surface area (TPSA) is 30.5 Å². The zero-order valence-corrected chi connectivity index (χ0v) is 10.2. The van der Waals surface area contributed by atoms with Crippen molar-refractivity contribution < 1.29 is 9.47 Å². The molecule has 0 aliphatic carbocycles. The molecule has 0 heterocycles. The molecule has 0 aromatic heterocycles. The first kappa shape index (κ1) is 13.0. The van der Waals surface area contributed by atoms with Crippen molar-refractivity contribution in [3.05, 3.63) is 29.8 Å². The average molecular weight is 223 g/mol. The summed E-state index contributed by atoms with van der Waals surface area (Å²) >= 11 is 0. The van der Waals surface area contributed by atoms with Crippen LogP contribution in [0.25, 0.3) is 0 Å². The molecule has 0 fully saturated rings. The molecule has 3 heteroatoms. The predicted molar refractivity (Wildman–Crippen MR) is 65.8 cm³/mol. The van der Waals surface area contributed by atoms with Crippen LogP contribution in [0.15, 0.2) is 24.3 Å². The normalized spacial score (nSPS) is 10.4. The highest BCUT2D eigenvalue weighted by atomic mass is 16.5. The van der Waals surface area contributed by atoms with Crippen LogP contribution in [0, 0.1) is 0 Å². The molecule has 0 saturated heterocycles. The number of ether oxygens (including phenoxy) is 2. The minimum atomic E-state index is 0.656. The van der Waals surface area contributed by atoms with Gasteiger partial charge in [-0.2, -0.15) is 0 Å². The fourth-order valence-corrected chi connectivity index (χ4v) is 1.43. The fourth-order valence-electron chi connectivity index (χ4n) is 1.43. The van der Waals surface area contributed by atoms with Crippen molar-refractivity contribution in [2.45, 2.75) is 20.0 Å². The molecule has 0 amide bonds. The third-order valence-corrected chi connectivity index (χ3v) is 2.30. The molecule has 1 aromatic rings. The molecule has 0 atom stereocenters. The van der Waals surface area contributed by atoms with E-state index in [4.69, 9.17) is 9.47 Å². The van der Waals surface area contributed by atoms with Gasteiger partial charge in [0.25, 0.3) is 0 Å². The van der Waals surface area contributed by atoms with Gasteiger partial charge < -0.3 is 14.8 Å². The molecule has 1 N–H and O–H groups in total. The van der Waals surface area contributed by atoms with Crippen LogP contribution in [0.5, 0.6) is 5.75 Å². The van der Waals surface area contributed by atoms with Crippen LogP contribution in [-0.2, 0) is 11.3 Å². The Labute approximate surface area is 97.8 Å². The Bertz CT molecular complexity index is 289. The lowest BCUT2D eigenvalue weighted by atomic mass is 10.2. The molecule has 3 nitrogen and oxygen atoms in total. The summed E-state index contributed by atoms with van der Waals surface area (Å²) in [4.78, 5) is 0. The van der Waals surface area contributed by atoms with E-state index in [9.17, 15) is 0 Å². The molecule has 0 aliphatic heterocycles. The maximum absolute atomic E-state index is 5.57. The quantitative estimate of drug-likeness (QED) is 0.685. The molecule has 0 unspecified atom stereocenters. The van der Waals surface area contributed by atoms with Crippen LogP contribution in [0.4, 0.5) is 0 Å². The van der Waals surface area contributed by atoms with Gasteiger partial charge in [-0.3, -0.25) is 0 Å². The second-order valence-corrected chi connectivity index (χ2v) is 3.61. The maximum atomic E-state index is 5.57. The molecular weight excluding hydrogens is 202 g/mol. The van der Waals surface area contributed by atoms with E-state index in [1.165, 1.54) is 0 Å². The lowest BCUT2D eigenvalue weighted by molar-refractivity contribution is 0.118. The van der Waals surface area contributed by atoms with Gasteiger partial charge in [0.2, 0.25) is 0 Å². The summed E-state index contributed by atoms with van der Waals surface area (Å²) in [5.74, 6) is 0.883. The zero-order chi connectivity index (χ0) is 11.6. The molecule has 1 rings (SSSR count). The Hall–Kier alpha value is -1.06. The van der Waals surface area contributed by atoms with E-state index in [1.54, 1.807) is 7.11 Å². The van der Waals surface area contributed by atoms with Crippen molar-refractivity contribution in [1.82, 2.24) is 5.32 Å². The number of rotatable bonds is 8. The predicted octanol–water partition coefficient (Wildman–Crippen LogP) is 2.21. The molecule has 0 spiro atoms. The van der Waals surface area contributed by atoms with Crippen molar-refractivity contribution in [2.75, 3.05) is 26.8 Å². The average Bonchev–Trinajstić information content (AvgIpc) is 2.34. The summed E-state index contributed by atoms with van der Waals surface area (Å²) < 4.78 is 10.7. The van der Waals surface area contributed by atoms with Gasteiger partial charge in [0, 0.05) is 6.61 Å². The number of benzene rings is 1. The van der Waals surface area contributed by atoms with Crippen LogP contribution < -0.4 is 10.1 Å². The largest absolute Gasteiger partial charge is 0.497 e. The van der Waals surface area contributed by atoms with Gasteiger partial charge >= 0.3 is 0 Å². The monoisotopic (exact) mass is 223 g/mol. The maximum Gasteiger partial charge on any atom is 0.119 e. The molecule has 90 valence electrons. The van der Waals surface area contributed by atoms with E-state index in [0.29, 0.717) is 6.61 Å². The van der Waals surface area contributed by atoms with E-state index in [0.717, 1.165) is 37.4 Å². The van der Waals surface area contributed by atoms with Gasteiger partial charge in [0.1, 0.15) is 5.75 Å². The Balaban J connectivity index is 2.16. The van der Waals surface area contributed by atoms with E-state index >= 15 is 0 Å². The standard InChI is InChI=1S/C13H21NO2/c1-3-14-8-5-9-16-11-12-6-4-7-13(10-12)15-2/h4,6-7,10,14H,3,5,8-9,11H2,1-2H3. The summed E-state index contributed by atoms with van der Waals surface area (Å²) in [6.07, 6.45) is 1.05. The van der Waals surface area contributed by atoms with Gasteiger partial charge in [0.05, 0.1) is 13.7 Å². The highest BCUT2D eigenvalue weighted by Crippen LogP contribution is 2.13. The van der Waals surface area contributed by atoms with Crippen molar-refractivity contribution in [2.24, 2.45) is 0 Å². The van der Waals surface area contributed by atoms with Crippen molar-refractivity contribution in [1.29, 1.82) is 0 Å². The van der Waals surface area contributed by atoms with E-state index in [-0.39, 0.29) is 0 Å². The van der Waals surface area contributed by atoms with E-state index < -0.39 is 0 Å². The summed E-state index contributed by atoms with van der Waals surface area (Å²) in [5, 5.41) is 3.27. The first-order valence-corrected chi connectivity index (χ1v) is 5.78. The SMILES string of the molecule is CCNCCCOCc1cccc(OC)c1. The number of hydrogen-bond acceptors (Lipinski definition) is 3. The van der Waals surface area contributed by atoms with Crippen LogP contribution >= 0.6 is 0 Å². The molecule has 0 saturated carbocycles. The molecule has 0 aliphatic rings.